The molecule has 0 aromatic heterocycles. The Labute approximate surface area is 133 Å². The van der Waals surface area contributed by atoms with E-state index in [1.54, 1.807) is 0 Å². The first-order valence-corrected chi connectivity index (χ1v) is 8.30. The molecule has 2 rings (SSSR count). The molecule has 120 valence electrons. The van der Waals surface area contributed by atoms with E-state index in [9.17, 15) is 5.11 Å². The van der Waals surface area contributed by atoms with Crippen LogP contribution in [0.15, 0.2) is 24.3 Å². The van der Waals surface area contributed by atoms with Crippen LogP contribution in [0.4, 0.5) is 0 Å². The lowest BCUT2D eigenvalue weighted by Crippen LogP contribution is -2.33. The van der Waals surface area contributed by atoms with E-state index in [0.717, 1.165) is 24.5 Å². The van der Waals surface area contributed by atoms with E-state index in [-0.39, 0.29) is 0 Å². The molecule has 0 spiro atoms. The molecule has 3 nitrogen and oxygen atoms in total. The smallest absolute Gasteiger partial charge is 0.0900 e. The second kappa shape index (κ2) is 10.2. The molecule has 0 amide bonds. The van der Waals surface area contributed by atoms with Gasteiger partial charge in [0.05, 0.1) is 12.7 Å². The summed E-state index contributed by atoms with van der Waals surface area (Å²) in [5, 5.41) is 10.7. The first-order chi connectivity index (χ1) is 10.2. The number of ether oxygens (including phenoxy) is 1. The van der Waals surface area contributed by atoms with Crippen molar-refractivity contribution in [2.75, 3.05) is 32.8 Å². The monoisotopic (exact) mass is 313 g/mol. The highest BCUT2D eigenvalue weighted by molar-refractivity contribution is 6.30. The van der Waals surface area contributed by atoms with E-state index in [1.807, 2.05) is 39.0 Å². The molecule has 1 fully saturated rings. The summed E-state index contributed by atoms with van der Waals surface area (Å²) in [4.78, 5) is 2.30. The zero-order chi connectivity index (χ0) is 15.7. The number of aliphatic hydroxyl groups is 1. The summed E-state index contributed by atoms with van der Waals surface area (Å²) >= 11 is 6.03. The Morgan fingerprint density at radius 1 is 1.43 bits per heavy atom. The highest BCUT2D eigenvalue weighted by Gasteiger charge is 2.25. The number of rotatable bonds is 6. The molecule has 1 N–H and O–H groups in total. The van der Waals surface area contributed by atoms with Crippen molar-refractivity contribution in [2.45, 2.75) is 39.2 Å². The predicted molar refractivity (Wildman–Crippen MR) is 89.1 cm³/mol. The zero-order valence-corrected chi connectivity index (χ0v) is 14.1. The summed E-state index contributed by atoms with van der Waals surface area (Å²) in [6.07, 6.45) is 0.736. The van der Waals surface area contributed by atoms with Crippen LogP contribution in [0, 0.1) is 0 Å². The van der Waals surface area contributed by atoms with Crippen molar-refractivity contribution in [2.24, 2.45) is 0 Å². The molecule has 0 radical (unpaired) electrons. The van der Waals surface area contributed by atoms with Gasteiger partial charge in [0.1, 0.15) is 0 Å². The van der Waals surface area contributed by atoms with Crippen LogP contribution in [0.3, 0.4) is 0 Å². The number of β-amino-alcohol motifs (C(OH)–C–C–N with tert-alkyl or cyclic N) is 1. The fraction of sp³-hybridized carbons (Fsp3) is 0.647. The van der Waals surface area contributed by atoms with Crippen LogP contribution in [0.5, 0.6) is 0 Å². The van der Waals surface area contributed by atoms with Crippen LogP contribution < -0.4 is 0 Å². The van der Waals surface area contributed by atoms with Crippen molar-refractivity contribution < 1.29 is 9.84 Å². The number of nitrogens with zero attached hydrogens (tertiary/aromatic N) is 1. The van der Waals surface area contributed by atoms with Gasteiger partial charge in [0.25, 0.3) is 0 Å². The summed E-state index contributed by atoms with van der Waals surface area (Å²) < 4.78 is 5.24. The molecule has 21 heavy (non-hydrogen) atoms. The second-order valence-corrected chi connectivity index (χ2v) is 5.55. The molecule has 1 aliphatic rings. The van der Waals surface area contributed by atoms with Gasteiger partial charge in [0.15, 0.2) is 0 Å². The van der Waals surface area contributed by atoms with Gasteiger partial charge in [-0.1, -0.05) is 37.6 Å². The number of hydrogen-bond acceptors (Lipinski definition) is 3. The topological polar surface area (TPSA) is 32.7 Å². The lowest BCUT2D eigenvalue weighted by Gasteiger charge is -2.20. The summed E-state index contributed by atoms with van der Waals surface area (Å²) in [5.74, 6) is 0.526. The molecule has 0 saturated carbocycles. The maximum atomic E-state index is 9.85. The fourth-order valence-corrected chi connectivity index (χ4v) is 2.83. The molecule has 1 aromatic rings. The fourth-order valence-electron chi connectivity index (χ4n) is 2.64. The van der Waals surface area contributed by atoms with Gasteiger partial charge in [-0.2, -0.15) is 0 Å². The van der Waals surface area contributed by atoms with Crippen molar-refractivity contribution >= 4 is 11.6 Å². The maximum Gasteiger partial charge on any atom is 0.0900 e. The number of hydrogen-bond donors (Lipinski definition) is 1. The predicted octanol–water partition coefficient (Wildman–Crippen LogP) is 3.55. The third-order valence-electron chi connectivity index (χ3n) is 3.58. The Morgan fingerprint density at radius 2 is 2.19 bits per heavy atom. The van der Waals surface area contributed by atoms with Crippen LogP contribution in [0.25, 0.3) is 0 Å². The van der Waals surface area contributed by atoms with Crippen molar-refractivity contribution in [1.29, 1.82) is 0 Å². The third-order valence-corrected chi connectivity index (χ3v) is 3.81. The number of halogens is 1. The third kappa shape index (κ3) is 6.35. The summed E-state index contributed by atoms with van der Waals surface area (Å²) in [5.41, 5.74) is 1.30. The molecule has 2 unspecified atom stereocenters. The van der Waals surface area contributed by atoms with Gasteiger partial charge in [-0.25, -0.2) is 0 Å². The largest absolute Gasteiger partial charge is 0.389 e. The van der Waals surface area contributed by atoms with Gasteiger partial charge in [-0.05, 0) is 43.5 Å². The Balaban J connectivity index is 0.00000106. The number of likely N-dealkylation sites (tertiary alicyclic amines) is 1. The van der Waals surface area contributed by atoms with Crippen LogP contribution in [-0.4, -0.2) is 49.0 Å². The molecular formula is C17H28ClNO2. The summed E-state index contributed by atoms with van der Waals surface area (Å²) in [7, 11) is 0. The molecule has 0 bridgehead atoms. The van der Waals surface area contributed by atoms with Crippen LogP contribution in [0.2, 0.25) is 5.02 Å². The van der Waals surface area contributed by atoms with E-state index in [2.05, 4.69) is 11.0 Å². The zero-order valence-electron chi connectivity index (χ0n) is 13.4. The average Bonchev–Trinajstić information content (AvgIpc) is 2.96. The summed E-state index contributed by atoms with van der Waals surface area (Å²) in [6.45, 7) is 9.73. The molecule has 0 aliphatic carbocycles. The van der Waals surface area contributed by atoms with E-state index in [4.69, 9.17) is 16.3 Å². The standard InChI is InChI=1S/C15H22ClNO2.C2H6/c1-2-19-11-15(18)10-17-7-6-13(9-17)12-4-3-5-14(16)8-12;1-2/h3-5,8,13,15,18H,2,6-7,9-11H2,1H3;1-2H3. The maximum absolute atomic E-state index is 9.85. The minimum Gasteiger partial charge on any atom is -0.389 e. The molecule has 1 saturated heterocycles. The number of benzene rings is 1. The SMILES string of the molecule is CC.CCOCC(O)CN1CCC(c2cccc(Cl)c2)C1. The first-order valence-electron chi connectivity index (χ1n) is 7.92. The van der Waals surface area contributed by atoms with Crippen molar-refractivity contribution in [3.05, 3.63) is 34.9 Å². The highest BCUT2D eigenvalue weighted by atomic mass is 35.5. The van der Waals surface area contributed by atoms with Gasteiger partial charge in [-0.3, -0.25) is 0 Å². The van der Waals surface area contributed by atoms with E-state index >= 15 is 0 Å². The van der Waals surface area contributed by atoms with Gasteiger partial charge in [-0.15, -0.1) is 0 Å². The van der Waals surface area contributed by atoms with Crippen molar-refractivity contribution in [3.8, 4) is 0 Å². The van der Waals surface area contributed by atoms with Gasteiger partial charge >= 0.3 is 0 Å². The Morgan fingerprint density at radius 3 is 2.86 bits per heavy atom. The van der Waals surface area contributed by atoms with E-state index in [0.29, 0.717) is 25.7 Å². The quantitative estimate of drug-likeness (QED) is 0.871. The molecule has 1 aliphatic heterocycles. The molecule has 1 aromatic carbocycles. The Kier molecular flexibility index (Phi) is 8.93. The van der Waals surface area contributed by atoms with E-state index < -0.39 is 6.10 Å². The minimum atomic E-state index is -0.391. The average molecular weight is 314 g/mol. The van der Waals surface area contributed by atoms with Gasteiger partial charge in [0.2, 0.25) is 0 Å². The minimum absolute atomic E-state index is 0.391. The normalized spacial score (nSPS) is 20.0. The Hall–Kier alpha value is -0.610. The molecule has 4 heteroatoms. The van der Waals surface area contributed by atoms with Crippen LogP contribution in [-0.2, 0) is 4.74 Å². The summed E-state index contributed by atoms with van der Waals surface area (Å²) in [6, 6.07) is 8.09. The van der Waals surface area contributed by atoms with Crippen LogP contribution >= 0.6 is 11.6 Å². The Bertz CT molecular complexity index is 400. The van der Waals surface area contributed by atoms with Crippen molar-refractivity contribution in [3.63, 3.8) is 0 Å². The second-order valence-electron chi connectivity index (χ2n) is 5.11. The lowest BCUT2D eigenvalue weighted by molar-refractivity contribution is 0.0250. The van der Waals surface area contributed by atoms with Gasteiger partial charge in [0, 0.05) is 24.7 Å². The molecule has 1 heterocycles. The molecule has 2 atom stereocenters. The first kappa shape index (κ1) is 18.4. The number of aliphatic hydroxyl groups excluding tert-OH is 1. The molecular weight excluding hydrogens is 286 g/mol. The van der Waals surface area contributed by atoms with Gasteiger partial charge < -0.3 is 14.7 Å². The highest BCUT2D eigenvalue weighted by Crippen LogP contribution is 2.28. The van der Waals surface area contributed by atoms with Crippen LogP contribution in [0.1, 0.15) is 38.7 Å². The van der Waals surface area contributed by atoms with E-state index in [1.165, 1.54) is 5.56 Å². The lowest BCUT2D eigenvalue weighted by atomic mass is 9.99. The van der Waals surface area contributed by atoms with Crippen molar-refractivity contribution in [1.82, 2.24) is 4.90 Å².